The van der Waals surface area contributed by atoms with Crippen LogP contribution in [0.15, 0.2) is 82.6 Å². The molecule has 8 heteroatoms. The largest absolute Gasteiger partial charge is 0.489 e. The van der Waals surface area contributed by atoms with Crippen molar-refractivity contribution in [1.29, 1.82) is 0 Å². The van der Waals surface area contributed by atoms with Gasteiger partial charge < -0.3 is 9.84 Å². The normalized spacial score (nSPS) is 17.4. The van der Waals surface area contributed by atoms with Gasteiger partial charge in [-0.25, -0.2) is 16.8 Å². The van der Waals surface area contributed by atoms with E-state index in [2.05, 4.69) is 0 Å². The number of sulfone groups is 2. The summed E-state index contributed by atoms with van der Waals surface area (Å²) < 4.78 is 57.8. The molecule has 6 nitrogen and oxygen atoms in total. The highest BCUT2D eigenvalue weighted by atomic mass is 32.2. The average Bonchev–Trinajstić information content (AvgIpc) is 3.05. The van der Waals surface area contributed by atoms with Crippen LogP contribution < -0.4 is 4.74 Å². The molecule has 4 rings (SSSR count). The summed E-state index contributed by atoms with van der Waals surface area (Å²) in [4.78, 5) is -0.0272. The Morgan fingerprint density at radius 2 is 1.57 bits per heavy atom. The van der Waals surface area contributed by atoms with Crippen LogP contribution in [0.4, 0.5) is 0 Å². The van der Waals surface area contributed by atoms with E-state index in [0.717, 1.165) is 5.56 Å². The van der Waals surface area contributed by atoms with Crippen molar-refractivity contribution in [2.24, 2.45) is 0 Å². The van der Waals surface area contributed by atoms with Gasteiger partial charge >= 0.3 is 0 Å². The molecule has 0 saturated heterocycles. The van der Waals surface area contributed by atoms with Crippen molar-refractivity contribution < 1.29 is 26.7 Å². The first-order valence-corrected chi connectivity index (χ1v) is 12.5. The molecular formula is C22H20O6S2. The third kappa shape index (κ3) is 3.62. The maximum absolute atomic E-state index is 13.3. The van der Waals surface area contributed by atoms with Gasteiger partial charge in [-0.2, -0.15) is 0 Å². The van der Waals surface area contributed by atoms with E-state index in [1.54, 1.807) is 18.2 Å². The second-order valence-electron chi connectivity index (χ2n) is 7.01. The van der Waals surface area contributed by atoms with Gasteiger partial charge in [0.2, 0.25) is 0 Å². The van der Waals surface area contributed by atoms with Crippen LogP contribution in [0.25, 0.3) is 0 Å². The first-order chi connectivity index (χ1) is 14.3. The Morgan fingerprint density at radius 1 is 0.933 bits per heavy atom. The minimum Gasteiger partial charge on any atom is -0.489 e. The zero-order valence-electron chi connectivity index (χ0n) is 15.9. The van der Waals surface area contributed by atoms with Gasteiger partial charge in [0, 0.05) is 5.56 Å². The minimum absolute atomic E-state index is 0.0394. The van der Waals surface area contributed by atoms with E-state index in [1.165, 1.54) is 24.3 Å². The smallest absolute Gasteiger partial charge is 0.186 e. The number of ether oxygens (including phenoxy) is 1. The molecule has 1 aliphatic heterocycles. The second kappa shape index (κ2) is 7.86. The summed E-state index contributed by atoms with van der Waals surface area (Å²) in [6.45, 7) is -0.334. The fraction of sp³-hybridized carbons (Fsp3) is 0.182. The van der Waals surface area contributed by atoms with E-state index in [0.29, 0.717) is 0 Å². The minimum atomic E-state index is -3.99. The van der Waals surface area contributed by atoms with Crippen molar-refractivity contribution in [3.05, 3.63) is 89.5 Å². The standard InChI is InChI=1S/C22H20O6S2/c23-13-18-19(28-14-16-7-3-1-4-8-16)11-12-20-22(18)21(15-29(20,24)25)30(26,27)17-9-5-2-6-10-17/h1-12,21,23H,13-15H2. The van der Waals surface area contributed by atoms with Crippen molar-refractivity contribution in [3.8, 4) is 5.75 Å². The van der Waals surface area contributed by atoms with E-state index in [9.17, 15) is 21.9 Å². The molecule has 0 saturated carbocycles. The molecule has 0 bridgehead atoms. The number of benzene rings is 3. The molecule has 30 heavy (non-hydrogen) atoms. The number of hydrogen-bond acceptors (Lipinski definition) is 6. The first kappa shape index (κ1) is 20.6. The predicted octanol–water partition coefficient (Wildman–Crippen LogP) is 3.06. The van der Waals surface area contributed by atoms with Crippen molar-refractivity contribution in [3.63, 3.8) is 0 Å². The summed E-state index contributed by atoms with van der Waals surface area (Å²) in [7, 11) is -7.79. The molecule has 0 aliphatic carbocycles. The van der Waals surface area contributed by atoms with Gasteiger partial charge in [0.25, 0.3) is 0 Å². The number of aliphatic hydroxyl groups excluding tert-OH is 1. The van der Waals surface area contributed by atoms with Crippen LogP contribution in [0.2, 0.25) is 0 Å². The molecule has 1 N–H and O–H groups in total. The Bertz CT molecular complexity index is 1270. The number of fused-ring (bicyclic) bond motifs is 1. The molecule has 0 amide bonds. The van der Waals surface area contributed by atoms with E-state index in [4.69, 9.17) is 4.74 Å². The van der Waals surface area contributed by atoms with Gasteiger partial charge in [0.15, 0.2) is 19.7 Å². The molecule has 0 radical (unpaired) electrons. The Kier molecular flexibility index (Phi) is 5.40. The van der Waals surface area contributed by atoms with E-state index in [-0.39, 0.29) is 33.3 Å². The van der Waals surface area contributed by atoms with Gasteiger partial charge in [0.05, 0.1) is 22.2 Å². The Morgan fingerprint density at radius 3 is 2.20 bits per heavy atom. The van der Waals surface area contributed by atoms with Gasteiger partial charge in [0.1, 0.15) is 17.6 Å². The number of aliphatic hydroxyl groups is 1. The predicted molar refractivity (Wildman–Crippen MR) is 112 cm³/mol. The Hall–Kier alpha value is -2.68. The molecule has 3 aromatic rings. The molecule has 1 heterocycles. The van der Waals surface area contributed by atoms with E-state index in [1.807, 2.05) is 30.3 Å². The van der Waals surface area contributed by atoms with Crippen molar-refractivity contribution in [1.82, 2.24) is 0 Å². The highest BCUT2D eigenvalue weighted by Crippen LogP contribution is 2.45. The van der Waals surface area contributed by atoms with Crippen molar-refractivity contribution in [2.45, 2.75) is 28.3 Å². The summed E-state index contributed by atoms with van der Waals surface area (Å²) in [5.74, 6) is -0.292. The van der Waals surface area contributed by atoms with E-state index >= 15 is 0 Å². The second-order valence-corrected chi connectivity index (χ2v) is 11.1. The SMILES string of the molecule is O=S1(=O)CC(S(=O)(=O)c2ccccc2)c2c1ccc(OCc1ccccc1)c2CO. The molecule has 0 aromatic heterocycles. The highest BCUT2D eigenvalue weighted by molar-refractivity contribution is 7.96. The fourth-order valence-electron chi connectivity index (χ4n) is 3.67. The van der Waals surface area contributed by atoms with Gasteiger partial charge in [-0.05, 0) is 35.4 Å². The third-order valence-electron chi connectivity index (χ3n) is 5.14. The molecule has 1 atom stereocenters. The first-order valence-electron chi connectivity index (χ1n) is 9.29. The highest BCUT2D eigenvalue weighted by Gasteiger charge is 2.45. The van der Waals surface area contributed by atoms with Crippen molar-refractivity contribution in [2.75, 3.05) is 5.75 Å². The van der Waals surface area contributed by atoms with Crippen LogP contribution in [0.3, 0.4) is 0 Å². The quantitative estimate of drug-likeness (QED) is 0.628. The van der Waals surface area contributed by atoms with Crippen LogP contribution in [0.1, 0.15) is 21.9 Å². The lowest BCUT2D eigenvalue weighted by molar-refractivity contribution is 0.257. The lowest BCUT2D eigenvalue weighted by atomic mass is 10.0. The van der Waals surface area contributed by atoms with Crippen LogP contribution in [-0.2, 0) is 32.9 Å². The molecular weight excluding hydrogens is 424 g/mol. The van der Waals surface area contributed by atoms with Crippen LogP contribution in [0, 0.1) is 0 Å². The molecule has 3 aromatic carbocycles. The zero-order valence-corrected chi connectivity index (χ0v) is 17.6. The third-order valence-corrected chi connectivity index (χ3v) is 9.23. The maximum atomic E-state index is 13.3. The molecule has 156 valence electrons. The summed E-state index contributed by atoms with van der Waals surface area (Å²) in [6.07, 6.45) is 0. The molecule has 1 unspecified atom stereocenters. The topological polar surface area (TPSA) is 97.7 Å². The summed E-state index contributed by atoms with van der Waals surface area (Å²) in [6, 6.07) is 19.9. The number of hydrogen-bond donors (Lipinski definition) is 1. The lowest BCUT2D eigenvalue weighted by Gasteiger charge is -2.18. The number of rotatable bonds is 6. The van der Waals surface area contributed by atoms with Gasteiger partial charge in [-0.1, -0.05) is 48.5 Å². The summed E-state index contributed by atoms with van der Waals surface area (Å²) in [5, 5.41) is 8.73. The Balaban J connectivity index is 1.80. The fourth-order valence-corrected chi connectivity index (χ4v) is 8.07. The molecule has 0 spiro atoms. The molecule has 1 aliphatic rings. The van der Waals surface area contributed by atoms with Crippen LogP contribution in [-0.4, -0.2) is 27.7 Å². The van der Waals surface area contributed by atoms with Gasteiger partial charge in [-0.15, -0.1) is 0 Å². The average molecular weight is 445 g/mol. The van der Waals surface area contributed by atoms with Gasteiger partial charge in [-0.3, -0.25) is 0 Å². The maximum Gasteiger partial charge on any atom is 0.186 e. The zero-order chi connectivity index (χ0) is 21.4. The Labute approximate surface area is 175 Å². The summed E-state index contributed by atoms with van der Waals surface area (Å²) >= 11 is 0. The van der Waals surface area contributed by atoms with E-state index < -0.39 is 37.3 Å². The van der Waals surface area contributed by atoms with Crippen LogP contribution in [0.5, 0.6) is 5.75 Å². The summed E-state index contributed by atoms with van der Waals surface area (Å²) in [5.41, 5.74) is 1.18. The lowest BCUT2D eigenvalue weighted by Crippen LogP contribution is -2.17. The molecule has 0 fully saturated rings. The monoisotopic (exact) mass is 444 g/mol. The van der Waals surface area contributed by atoms with Crippen molar-refractivity contribution >= 4 is 19.7 Å². The van der Waals surface area contributed by atoms with Crippen LogP contribution >= 0.6 is 0 Å².